The van der Waals surface area contributed by atoms with Crippen molar-refractivity contribution in [3.63, 3.8) is 0 Å². The van der Waals surface area contributed by atoms with Gasteiger partial charge >= 0.3 is 0 Å². The Kier molecular flexibility index (Phi) is 4.88. The maximum absolute atomic E-state index is 4.84. The Morgan fingerprint density at radius 1 is 1.10 bits per heavy atom. The lowest BCUT2D eigenvalue weighted by molar-refractivity contribution is 0.294. The molecule has 0 atom stereocenters. The van der Waals surface area contributed by atoms with E-state index in [4.69, 9.17) is 4.98 Å². The third kappa shape index (κ3) is 3.63. The molecule has 2 heterocycles. The average Bonchev–Trinajstić information content (AvgIpc) is 2.90. The van der Waals surface area contributed by atoms with Crippen LogP contribution in [-0.2, 0) is 0 Å². The maximum Gasteiger partial charge on any atom is 0.185 e. The normalized spacial score (nSPS) is 16.9. The topological polar surface area (TPSA) is 19.4 Å². The number of nitrogens with zero attached hydrogens (tertiary/aromatic N) is 3. The van der Waals surface area contributed by atoms with E-state index in [0.29, 0.717) is 0 Å². The molecule has 1 aliphatic heterocycles. The molecule has 3 nitrogen and oxygen atoms in total. The first-order valence-corrected chi connectivity index (χ1v) is 8.73. The van der Waals surface area contributed by atoms with E-state index in [9.17, 15) is 0 Å². The van der Waals surface area contributed by atoms with Crippen molar-refractivity contribution in [1.82, 2.24) is 9.88 Å². The van der Waals surface area contributed by atoms with Gasteiger partial charge in [-0.1, -0.05) is 37.3 Å². The van der Waals surface area contributed by atoms with Crippen LogP contribution in [0.25, 0.3) is 11.3 Å². The van der Waals surface area contributed by atoms with Crippen molar-refractivity contribution in [3.8, 4) is 11.3 Å². The van der Waals surface area contributed by atoms with Gasteiger partial charge in [-0.2, -0.15) is 0 Å². The van der Waals surface area contributed by atoms with Crippen LogP contribution in [0.15, 0.2) is 35.7 Å². The predicted octanol–water partition coefficient (Wildman–Crippen LogP) is 3.73. The number of rotatable bonds is 4. The van der Waals surface area contributed by atoms with Gasteiger partial charge in [0.2, 0.25) is 0 Å². The van der Waals surface area contributed by atoms with Crippen LogP contribution in [-0.4, -0.2) is 42.6 Å². The van der Waals surface area contributed by atoms with Gasteiger partial charge in [0.1, 0.15) is 0 Å². The van der Waals surface area contributed by atoms with Gasteiger partial charge in [-0.3, -0.25) is 0 Å². The highest BCUT2D eigenvalue weighted by Gasteiger charge is 2.17. The Hall–Kier alpha value is -1.39. The summed E-state index contributed by atoms with van der Waals surface area (Å²) in [7, 11) is 0. The first-order chi connectivity index (χ1) is 10.4. The van der Waals surface area contributed by atoms with Crippen molar-refractivity contribution in [2.75, 3.05) is 37.6 Å². The molecule has 4 heteroatoms. The van der Waals surface area contributed by atoms with Crippen molar-refractivity contribution < 1.29 is 0 Å². The van der Waals surface area contributed by atoms with Crippen LogP contribution in [0.3, 0.4) is 0 Å². The molecule has 1 aliphatic rings. The molecule has 0 radical (unpaired) electrons. The van der Waals surface area contributed by atoms with Gasteiger partial charge in [0.05, 0.1) is 5.69 Å². The van der Waals surface area contributed by atoms with Crippen LogP contribution < -0.4 is 4.90 Å². The third-order valence-electron chi connectivity index (χ3n) is 3.96. The molecule has 2 aromatic rings. The summed E-state index contributed by atoms with van der Waals surface area (Å²) < 4.78 is 0. The highest BCUT2D eigenvalue weighted by molar-refractivity contribution is 7.14. The molecule has 21 heavy (non-hydrogen) atoms. The second-order valence-corrected chi connectivity index (χ2v) is 6.40. The summed E-state index contributed by atoms with van der Waals surface area (Å²) in [6, 6.07) is 10.5. The molecule has 0 N–H and O–H groups in total. The van der Waals surface area contributed by atoms with E-state index in [2.05, 4.69) is 46.4 Å². The van der Waals surface area contributed by atoms with Gasteiger partial charge in [0, 0.05) is 30.6 Å². The second-order valence-electron chi connectivity index (χ2n) is 5.56. The lowest BCUT2D eigenvalue weighted by Gasteiger charge is -2.20. The summed E-state index contributed by atoms with van der Waals surface area (Å²) >= 11 is 1.77. The molecule has 0 amide bonds. The number of hydrogen-bond acceptors (Lipinski definition) is 4. The number of thiazole rings is 1. The van der Waals surface area contributed by atoms with Gasteiger partial charge in [-0.05, 0) is 25.9 Å². The number of hydrogen-bond donors (Lipinski definition) is 0. The van der Waals surface area contributed by atoms with Crippen LogP contribution in [0.4, 0.5) is 5.13 Å². The van der Waals surface area contributed by atoms with Gasteiger partial charge < -0.3 is 9.80 Å². The second kappa shape index (κ2) is 7.05. The molecule has 1 fully saturated rings. The molecule has 0 aliphatic carbocycles. The molecule has 1 aromatic heterocycles. The van der Waals surface area contributed by atoms with E-state index >= 15 is 0 Å². The highest BCUT2D eigenvalue weighted by atomic mass is 32.1. The van der Waals surface area contributed by atoms with Crippen molar-refractivity contribution in [2.24, 2.45) is 0 Å². The van der Waals surface area contributed by atoms with Gasteiger partial charge in [0.15, 0.2) is 5.13 Å². The van der Waals surface area contributed by atoms with E-state index in [1.807, 2.05) is 6.07 Å². The SMILES string of the molecule is CCCN1CCCN(c2nc(-c3ccccc3)cs2)CC1. The van der Waals surface area contributed by atoms with E-state index in [0.717, 1.165) is 25.3 Å². The van der Waals surface area contributed by atoms with Gasteiger partial charge in [-0.15, -0.1) is 11.3 Å². The Bertz CT molecular complexity index is 552. The first-order valence-electron chi connectivity index (χ1n) is 7.85. The van der Waals surface area contributed by atoms with Crippen molar-refractivity contribution in [1.29, 1.82) is 0 Å². The zero-order valence-electron chi connectivity index (χ0n) is 12.7. The molecule has 0 bridgehead atoms. The Labute approximate surface area is 131 Å². The van der Waals surface area contributed by atoms with Crippen LogP contribution in [0.1, 0.15) is 19.8 Å². The summed E-state index contributed by atoms with van der Waals surface area (Å²) in [6.07, 6.45) is 2.48. The minimum Gasteiger partial charge on any atom is -0.347 e. The Balaban J connectivity index is 1.69. The maximum atomic E-state index is 4.84. The summed E-state index contributed by atoms with van der Waals surface area (Å²) in [5.41, 5.74) is 2.31. The summed E-state index contributed by atoms with van der Waals surface area (Å²) in [4.78, 5) is 9.87. The summed E-state index contributed by atoms with van der Waals surface area (Å²) in [5.74, 6) is 0. The van der Waals surface area contributed by atoms with Crippen molar-refractivity contribution in [2.45, 2.75) is 19.8 Å². The largest absolute Gasteiger partial charge is 0.347 e. The molecule has 0 unspecified atom stereocenters. The van der Waals surface area contributed by atoms with E-state index in [1.54, 1.807) is 11.3 Å². The zero-order valence-corrected chi connectivity index (χ0v) is 13.5. The predicted molar refractivity (Wildman–Crippen MR) is 91.1 cm³/mol. The molecule has 3 rings (SSSR count). The molecular formula is C17H23N3S. The highest BCUT2D eigenvalue weighted by Crippen LogP contribution is 2.27. The van der Waals surface area contributed by atoms with E-state index in [-0.39, 0.29) is 0 Å². The number of anilines is 1. The Morgan fingerprint density at radius 3 is 2.76 bits per heavy atom. The lowest BCUT2D eigenvalue weighted by atomic mass is 10.2. The minimum atomic E-state index is 1.10. The van der Waals surface area contributed by atoms with Crippen LogP contribution in [0.5, 0.6) is 0 Å². The quantitative estimate of drug-likeness (QED) is 0.858. The molecule has 1 saturated heterocycles. The van der Waals surface area contributed by atoms with Crippen LogP contribution in [0, 0.1) is 0 Å². The van der Waals surface area contributed by atoms with E-state index in [1.165, 1.54) is 36.6 Å². The first kappa shape index (κ1) is 14.5. The van der Waals surface area contributed by atoms with E-state index < -0.39 is 0 Å². The summed E-state index contributed by atoms with van der Waals surface area (Å²) in [5, 5.41) is 3.35. The summed E-state index contributed by atoms with van der Waals surface area (Å²) in [6.45, 7) is 8.09. The van der Waals surface area contributed by atoms with Crippen molar-refractivity contribution >= 4 is 16.5 Å². The molecule has 112 valence electrons. The van der Waals surface area contributed by atoms with Gasteiger partial charge in [-0.25, -0.2) is 4.98 Å². The smallest absolute Gasteiger partial charge is 0.185 e. The fraction of sp³-hybridized carbons (Fsp3) is 0.471. The molecule has 1 aromatic carbocycles. The molecule has 0 saturated carbocycles. The average molecular weight is 301 g/mol. The number of aromatic nitrogens is 1. The lowest BCUT2D eigenvalue weighted by Crippen LogP contribution is -2.31. The molecular weight excluding hydrogens is 278 g/mol. The Morgan fingerprint density at radius 2 is 1.95 bits per heavy atom. The molecule has 0 spiro atoms. The third-order valence-corrected chi connectivity index (χ3v) is 4.86. The zero-order chi connectivity index (χ0) is 14.5. The van der Waals surface area contributed by atoms with Crippen LogP contribution in [0.2, 0.25) is 0 Å². The van der Waals surface area contributed by atoms with Gasteiger partial charge in [0.25, 0.3) is 0 Å². The fourth-order valence-corrected chi connectivity index (χ4v) is 3.74. The van der Waals surface area contributed by atoms with Crippen molar-refractivity contribution in [3.05, 3.63) is 35.7 Å². The number of benzene rings is 1. The van der Waals surface area contributed by atoms with Crippen LogP contribution >= 0.6 is 11.3 Å². The standard InChI is InChI=1S/C17H23N3S/c1-2-9-19-10-6-11-20(13-12-19)17-18-16(14-21-17)15-7-4-3-5-8-15/h3-5,7-8,14H,2,6,9-13H2,1H3. The fourth-order valence-electron chi connectivity index (χ4n) is 2.85. The minimum absolute atomic E-state index is 1.10. The monoisotopic (exact) mass is 301 g/mol.